The van der Waals surface area contributed by atoms with Gasteiger partial charge in [0, 0.05) is 38.9 Å². The van der Waals surface area contributed by atoms with Gasteiger partial charge in [-0.15, -0.1) is 0 Å². The molecule has 2 aromatic carbocycles. The molecule has 1 saturated heterocycles. The maximum Gasteiger partial charge on any atom is 0.412 e. The highest BCUT2D eigenvalue weighted by Crippen LogP contribution is 2.27. The number of carbonyl (C=O) groups is 2. The quantitative estimate of drug-likeness (QED) is 0.637. The molecule has 3 aromatic rings. The molecule has 1 fully saturated rings. The molecular formula is C26H30N4O3. The summed E-state index contributed by atoms with van der Waals surface area (Å²) < 4.78 is 5.42. The minimum atomic E-state index is -0.630. The van der Waals surface area contributed by atoms with E-state index in [9.17, 15) is 9.59 Å². The third-order valence-electron chi connectivity index (χ3n) is 5.52. The third kappa shape index (κ3) is 5.87. The van der Waals surface area contributed by atoms with E-state index in [0.29, 0.717) is 24.3 Å². The van der Waals surface area contributed by atoms with E-state index in [1.165, 1.54) is 0 Å². The van der Waals surface area contributed by atoms with E-state index in [4.69, 9.17) is 4.74 Å². The van der Waals surface area contributed by atoms with Crippen molar-refractivity contribution in [3.05, 3.63) is 72.1 Å². The molecule has 0 aliphatic carbocycles. The summed E-state index contributed by atoms with van der Waals surface area (Å²) in [5.41, 5.74) is 1.33. The second kappa shape index (κ2) is 9.58. The number of anilines is 1. The number of hydrogen-bond acceptors (Lipinski definition) is 5. The van der Waals surface area contributed by atoms with Crippen LogP contribution in [0.2, 0.25) is 0 Å². The number of piperazine rings is 1. The Morgan fingerprint density at radius 1 is 0.970 bits per heavy atom. The lowest BCUT2D eigenvalue weighted by atomic mass is 10.0. The molecule has 0 bridgehead atoms. The third-order valence-corrected chi connectivity index (χ3v) is 5.52. The smallest absolute Gasteiger partial charge is 0.412 e. The summed E-state index contributed by atoms with van der Waals surface area (Å²) in [7, 11) is 0. The molecule has 7 nitrogen and oxygen atoms in total. The number of nitrogens with one attached hydrogen (secondary N) is 1. The standard InChI is InChI=1S/C26H30N4O3/c1-26(2,3)33-25(32)28-23-17-20-9-5-4-8-19(20)16-22(23)24(31)30-14-12-29(13-15-30)18-21-10-6-7-11-27-21/h4-11,16-17H,12-15,18H2,1-3H3,(H,28,32). The lowest BCUT2D eigenvalue weighted by Crippen LogP contribution is -2.48. The summed E-state index contributed by atoms with van der Waals surface area (Å²) in [6.07, 6.45) is 1.22. The Hall–Kier alpha value is -3.45. The minimum Gasteiger partial charge on any atom is -0.444 e. The van der Waals surface area contributed by atoms with Crippen molar-refractivity contribution in [2.45, 2.75) is 32.9 Å². The predicted molar refractivity (Wildman–Crippen MR) is 129 cm³/mol. The second-order valence-corrected chi connectivity index (χ2v) is 9.26. The molecule has 0 saturated carbocycles. The van der Waals surface area contributed by atoms with Crippen LogP contribution < -0.4 is 5.32 Å². The minimum absolute atomic E-state index is 0.0932. The molecule has 0 atom stereocenters. The van der Waals surface area contributed by atoms with Crippen LogP contribution in [0.25, 0.3) is 10.8 Å². The highest BCUT2D eigenvalue weighted by molar-refractivity contribution is 6.07. The Bertz CT molecular complexity index is 1130. The number of ether oxygens (including phenoxy) is 1. The van der Waals surface area contributed by atoms with Crippen molar-refractivity contribution >= 4 is 28.5 Å². The molecule has 2 heterocycles. The number of fused-ring (bicyclic) bond motifs is 1. The summed E-state index contributed by atoms with van der Waals surface area (Å²) in [6.45, 7) is 8.96. The van der Waals surface area contributed by atoms with E-state index in [1.54, 1.807) is 6.20 Å². The number of pyridine rings is 1. The Labute approximate surface area is 194 Å². The van der Waals surface area contributed by atoms with Gasteiger partial charge in [-0.25, -0.2) is 4.79 Å². The van der Waals surface area contributed by atoms with Gasteiger partial charge in [-0.05, 0) is 55.8 Å². The van der Waals surface area contributed by atoms with Crippen molar-refractivity contribution in [3.8, 4) is 0 Å². The van der Waals surface area contributed by atoms with Gasteiger partial charge < -0.3 is 9.64 Å². The Morgan fingerprint density at radius 3 is 2.27 bits per heavy atom. The van der Waals surface area contributed by atoms with Gasteiger partial charge in [0.15, 0.2) is 0 Å². The number of carbonyl (C=O) groups excluding carboxylic acids is 2. The molecule has 33 heavy (non-hydrogen) atoms. The van der Waals surface area contributed by atoms with Crippen molar-refractivity contribution in [1.29, 1.82) is 0 Å². The van der Waals surface area contributed by atoms with Gasteiger partial charge in [-0.3, -0.25) is 20.0 Å². The average molecular weight is 447 g/mol. The molecule has 0 unspecified atom stereocenters. The zero-order chi connectivity index (χ0) is 23.4. The van der Waals surface area contributed by atoms with E-state index in [1.807, 2.05) is 80.3 Å². The van der Waals surface area contributed by atoms with E-state index >= 15 is 0 Å². The number of amides is 2. The van der Waals surface area contributed by atoms with Crippen LogP contribution >= 0.6 is 0 Å². The molecule has 1 aliphatic rings. The summed E-state index contributed by atoms with van der Waals surface area (Å²) in [5, 5.41) is 4.69. The SMILES string of the molecule is CC(C)(C)OC(=O)Nc1cc2ccccc2cc1C(=O)N1CCN(Cc2ccccn2)CC1. The fourth-order valence-electron chi connectivity index (χ4n) is 3.93. The number of nitrogens with zero attached hydrogens (tertiary/aromatic N) is 3. The molecule has 172 valence electrons. The lowest BCUT2D eigenvalue weighted by molar-refractivity contribution is 0.0627. The van der Waals surface area contributed by atoms with Gasteiger partial charge in [-0.2, -0.15) is 0 Å². The van der Waals surface area contributed by atoms with Crippen molar-refractivity contribution in [3.63, 3.8) is 0 Å². The predicted octanol–water partition coefficient (Wildman–Crippen LogP) is 4.54. The molecular weight excluding hydrogens is 416 g/mol. The zero-order valence-electron chi connectivity index (χ0n) is 19.4. The van der Waals surface area contributed by atoms with Gasteiger partial charge in [0.05, 0.1) is 16.9 Å². The van der Waals surface area contributed by atoms with Crippen LogP contribution in [0.1, 0.15) is 36.8 Å². The normalized spacial score (nSPS) is 14.8. The van der Waals surface area contributed by atoms with Gasteiger partial charge in [-0.1, -0.05) is 30.3 Å². The maximum atomic E-state index is 13.5. The van der Waals surface area contributed by atoms with Gasteiger partial charge >= 0.3 is 6.09 Å². The topological polar surface area (TPSA) is 74.8 Å². The van der Waals surface area contributed by atoms with Crippen LogP contribution in [0.3, 0.4) is 0 Å². The van der Waals surface area contributed by atoms with E-state index < -0.39 is 11.7 Å². The van der Waals surface area contributed by atoms with Crippen molar-refractivity contribution in [2.75, 3.05) is 31.5 Å². The van der Waals surface area contributed by atoms with Crippen LogP contribution in [0.15, 0.2) is 60.8 Å². The number of aromatic nitrogens is 1. The number of hydrogen-bond donors (Lipinski definition) is 1. The number of benzene rings is 2. The zero-order valence-corrected chi connectivity index (χ0v) is 19.4. The van der Waals surface area contributed by atoms with Crippen LogP contribution in [0.4, 0.5) is 10.5 Å². The van der Waals surface area contributed by atoms with Crippen molar-refractivity contribution in [2.24, 2.45) is 0 Å². The van der Waals surface area contributed by atoms with Gasteiger partial charge in [0.2, 0.25) is 0 Å². The first-order chi connectivity index (χ1) is 15.8. The largest absolute Gasteiger partial charge is 0.444 e. The molecule has 1 aromatic heterocycles. The van der Waals surface area contributed by atoms with Crippen LogP contribution in [-0.4, -0.2) is 58.6 Å². The van der Waals surface area contributed by atoms with Crippen LogP contribution in [0, 0.1) is 0 Å². The Kier molecular flexibility index (Phi) is 6.60. The average Bonchev–Trinajstić information content (AvgIpc) is 2.78. The monoisotopic (exact) mass is 446 g/mol. The molecule has 1 aliphatic heterocycles. The summed E-state index contributed by atoms with van der Waals surface area (Å²) in [6, 6.07) is 17.4. The summed E-state index contributed by atoms with van der Waals surface area (Å²) >= 11 is 0. The molecule has 7 heteroatoms. The van der Waals surface area contributed by atoms with Crippen molar-refractivity contribution < 1.29 is 14.3 Å². The van der Waals surface area contributed by atoms with Gasteiger partial charge in [0.1, 0.15) is 5.60 Å². The van der Waals surface area contributed by atoms with Crippen LogP contribution in [0.5, 0.6) is 0 Å². The van der Waals surface area contributed by atoms with E-state index in [-0.39, 0.29) is 5.91 Å². The first-order valence-corrected chi connectivity index (χ1v) is 11.2. The molecule has 0 radical (unpaired) electrons. The molecule has 1 N–H and O–H groups in total. The fourth-order valence-corrected chi connectivity index (χ4v) is 3.93. The van der Waals surface area contributed by atoms with E-state index in [2.05, 4.69) is 15.2 Å². The maximum absolute atomic E-state index is 13.5. The van der Waals surface area contributed by atoms with E-state index in [0.717, 1.165) is 36.1 Å². The molecule has 4 rings (SSSR count). The lowest BCUT2D eigenvalue weighted by Gasteiger charge is -2.35. The summed E-state index contributed by atoms with van der Waals surface area (Å²) in [4.78, 5) is 34.5. The Balaban J connectivity index is 1.51. The first kappa shape index (κ1) is 22.7. The number of rotatable bonds is 4. The highest BCUT2D eigenvalue weighted by atomic mass is 16.6. The first-order valence-electron chi connectivity index (χ1n) is 11.2. The fraction of sp³-hybridized carbons (Fsp3) is 0.346. The summed E-state index contributed by atoms with van der Waals surface area (Å²) in [5.74, 6) is -0.0932. The van der Waals surface area contributed by atoms with Crippen LogP contribution in [-0.2, 0) is 11.3 Å². The Morgan fingerprint density at radius 2 is 1.64 bits per heavy atom. The highest BCUT2D eigenvalue weighted by Gasteiger charge is 2.26. The van der Waals surface area contributed by atoms with Gasteiger partial charge in [0.25, 0.3) is 5.91 Å². The molecule has 2 amide bonds. The second-order valence-electron chi connectivity index (χ2n) is 9.26. The van der Waals surface area contributed by atoms with Crippen molar-refractivity contribution in [1.82, 2.24) is 14.8 Å². The molecule has 0 spiro atoms.